The number of amidine groups is 1. The predicted octanol–water partition coefficient (Wildman–Crippen LogP) is 2.67. The average molecular weight is 449 g/mol. The zero-order chi connectivity index (χ0) is 22.0. The summed E-state index contributed by atoms with van der Waals surface area (Å²) in [7, 11) is 1.53. The van der Waals surface area contributed by atoms with Gasteiger partial charge in [0.1, 0.15) is 17.1 Å². The summed E-state index contributed by atoms with van der Waals surface area (Å²) in [6, 6.07) is 1.36. The summed E-state index contributed by atoms with van der Waals surface area (Å²) in [5.74, 6) is 1.09. The fraction of sp³-hybridized carbons (Fsp3) is 0.524. The highest BCUT2D eigenvalue weighted by Gasteiger charge is 2.48. The fourth-order valence-corrected chi connectivity index (χ4v) is 4.37. The van der Waals surface area contributed by atoms with Crippen molar-refractivity contribution >= 4 is 29.6 Å². The van der Waals surface area contributed by atoms with E-state index in [0.717, 1.165) is 31.4 Å². The summed E-state index contributed by atoms with van der Waals surface area (Å²) in [6.07, 6.45) is 8.47. The van der Waals surface area contributed by atoms with Gasteiger partial charge < -0.3 is 15.0 Å². The fourth-order valence-electron chi connectivity index (χ4n) is 4.24. The normalized spacial score (nSPS) is 26.8. The molecule has 31 heavy (non-hydrogen) atoms. The van der Waals surface area contributed by atoms with Crippen LogP contribution in [0, 0.1) is 11.2 Å². The van der Waals surface area contributed by atoms with Gasteiger partial charge in [0.15, 0.2) is 6.17 Å². The number of hydrogen-bond acceptors (Lipinski definition) is 7. The molecule has 4 heterocycles. The summed E-state index contributed by atoms with van der Waals surface area (Å²) in [5, 5.41) is 8.99. The lowest BCUT2D eigenvalue weighted by molar-refractivity contribution is -0.128. The third kappa shape index (κ3) is 3.98. The second-order valence-electron chi connectivity index (χ2n) is 7.99. The van der Waals surface area contributed by atoms with Crippen LogP contribution in [0.4, 0.5) is 4.39 Å². The molecule has 0 radical (unpaired) electrons. The maximum atomic E-state index is 13.9. The molecule has 3 aliphatic heterocycles. The van der Waals surface area contributed by atoms with Crippen LogP contribution in [0.25, 0.3) is 0 Å². The summed E-state index contributed by atoms with van der Waals surface area (Å²) in [6.45, 7) is 3.10. The van der Waals surface area contributed by atoms with Crippen LogP contribution in [0.1, 0.15) is 37.8 Å². The van der Waals surface area contributed by atoms with E-state index in [4.69, 9.17) is 21.3 Å². The molecule has 1 aromatic rings. The number of carbonyl (C=O) groups excluding carboxylic acids is 1. The number of rotatable bonds is 6. The molecule has 1 fully saturated rings. The van der Waals surface area contributed by atoms with Gasteiger partial charge in [-0.1, -0.05) is 0 Å². The van der Waals surface area contributed by atoms with E-state index >= 15 is 0 Å². The number of fused-ring (bicyclic) bond motifs is 1. The number of hydrazone groups is 1. The van der Waals surface area contributed by atoms with E-state index in [1.807, 2.05) is 19.2 Å². The van der Waals surface area contributed by atoms with Crippen LogP contribution in [0.3, 0.4) is 0 Å². The predicted molar refractivity (Wildman–Crippen MR) is 117 cm³/mol. The molecule has 3 atom stereocenters. The van der Waals surface area contributed by atoms with E-state index in [1.165, 1.54) is 13.2 Å². The third-order valence-corrected chi connectivity index (χ3v) is 6.17. The largest absolute Gasteiger partial charge is 0.481 e. The second kappa shape index (κ2) is 8.82. The van der Waals surface area contributed by atoms with Crippen molar-refractivity contribution in [2.75, 3.05) is 26.1 Å². The molecule has 1 saturated heterocycles. The molecule has 0 bridgehead atoms. The highest BCUT2D eigenvalue weighted by molar-refractivity contribution is 6.17. The van der Waals surface area contributed by atoms with Gasteiger partial charge in [-0.05, 0) is 38.3 Å². The second-order valence-corrected chi connectivity index (χ2v) is 8.36. The van der Waals surface area contributed by atoms with Crippen LogP contribution in [0.15, 0.2) is 34.6 Å². The summed E-state index contributed by atoms with van der Waals surface area (Å²) in [4.78, 5) is 24.0. The first-order valence-corrected chi connectivity index (χ1v) is 10.9. The van der Waals surface area contributed by atoms with Gasteiger partial charge in [-0.15, -0.1) is 11.6 Å². The van der Waals surface area contributed by atoms with E-state index in [2.05, 4.69) is 20.3 Å². The Morgan fingerprint density at radius 1 is 1.48 bits per heavy atom. The van der Waals surface area contributed by atoms with E-state index in [9.17, 15) is 9.18 Å². The SMILES string of the molecule is COc1ncc(F)cc1C1CCCN1C1=N[C@@H]2N(C=C1)N=CC2(C)C(=O)NCCCCl. The first kappa shape index (κ1) is 21.5. The van der Waals surface area contributed by atoms with Crippen LogP contribution in [-0.4, -0.2) is 65.1 Å². The number of halogens is 2. The quantitative estimate of drug-likeness (QED) is 0.534. The topological polar surface area (TPSA) is 82.4 Å². The lowest BCUT2D eigenvalue weighted by Crippen LogP contribution is -2.50. The van der Waals surface area contributed by atoms with Gasteiger partial charge in [-0.3, -0.25) is 4.79 Å². The molecule has 0 aliphatic carbocycles. The van der Waals surface area contributed by atoms with E-state index in [1.54, 1.807) is 11.2 Å². The number of likely N-dealkylation sites (tertiary alicyclic amines) is 1. The zero-order valence-corrected chi connectivity index (χ0v) is 18.3. The molecule has 166 valence electrons. The lowest BCUT2D eigenvalue weighted by Gasteiger charge is -2.35. The Morgan fingerprint density at radius 2 is 2.32 bits per heavy atom. The van der Waals surface area contributed by atoms with Crippen molar-refractivity contribution in [3.8, 4) is 5.88 Å². The Bertz CT molecular complexity index is 938. The van der Waals surface area contributed by atoms with Gasteiger partial charge >= 0.3 is 0 Å². The minimum absolute atomic E-state index is 0.112. The Hall–Kier alpha value is -2.68. The molecule has 10 heteroatoms. The van der Waals surface area contributed by atoms with Crippen LogP contribution >= 0.6 is 11.6 Å². The lowest BCUT2D eigenvalue weighted by atomic mass is 9.87. The monoisotopic (exact) mass is 448 g/mol. The van der Waals surface area contributed by atoms with Crippen LogP contribution in [-0.2, 0) is 4.79 Å². The molecule has 1 aromatic heterocycles. The summed E-state index contributed by atoms with van der Waals surface area (Å²) >= 11 is 5.72. The molecular weight excluding hydrogens is 423 g/mol. The van der Waals surface area contributed by atoms with Gasteiger partial charge in [-0.2, -0.15) is 5.10 Å². The van der Waals surface area contributed by atoms with Crippen molar-refractivity contribution in [3.05, 3.63) is 35.9 Å². The van der Waals surface area contributed by atoms with Crippen molar-refractivity contribution < 1.29 is 13.9 Å². The highest BCUT2D eigenvalue weighted by atomic mass is 35.5. The molecule has 1 amide bonds. The summed E-state index contributed by atoms with van der Waals surface area (Å²) < 4.78 is 19.3. The maximum Gasteiger partial charge on any atom is 0.235 e. The minimum Gasteiger partial charge on any atom is -0.481 e. The third-order valence-electron chi connectivity index (χ3n) is 5.91. The van der Waals surface area contributed by atoms with Gasteiger partial charge in [0, 0.05) is 36.9 Å². The minimum atomic E-state index is -0.907. The van der Waals surface area contributed by atoms with Gasteiger partial charge in [0.2, 0.25) is 11.8 Å². The number of aromatic nitrogens is 1. The van der Waals surface area contributed by atoms with Crippen LogP contribution < -0.4 is 10.1 Å². The number of alkyl halides is 1. The molecule has 2 unspecified atom stereocenters. The molecule has 8 nitrogen and oxygen atoms in total. The number of carbonyl (C=O) groups is 1. The zero-order valence-electron chi connectivity index (χ0n) is 17.6. The Labute approximate surface area is 185 Å². The standard InChI is InChI=1S/C21H26ClFN6O2/c1-21(20(30)24-8-4-7-22)13-26-29-10-6-17(27-19(21)29)28-9-3-5-16(28)15-11-14(23)12-25-18(15)31-2/h6,10-13,16,19H,3-5,7-9H2,1-2H3,(H,24,30)/t16?,19-,21?/m1/s1. The van der Waals surface area contributed by atoms with Gasteiger partial charge in [0.25, 0.3) is 0 Å². The van der Waals surface area contributed by atoms with Crippen LogP contribution in [0.5, 0.6) is 5.88 Å². The van der Waals surface area contributed by atoms with Gasteiger partial charge in [-0.25, -0.2) is 19.4 Å². The molecule has 0 aromatic carbocycles. The first-order valence-electron chi connectivity index (χ1n) is 10.4. The number of ether oxygens (including phenoxy) is 1. The average Bonchev–Trinajstić information content (AvgIpc) is 3.39. The van der Waals surface area contributed by atoms with Crippen molar-refractivity contribution in [1.29, 1.82) is 0 Å². The molecule has 3 aliphatic rings. The molecule has 0 spiro atoms. The van der Waals surface area contributed by atoms with Crippen molar-refractivity contribution in [1.82, 2.24) is 20.2 Å². The number of pyridine rings is 1. The van der Waals surface area contributed by atoms with Crippen LogP contribution in [0.2, 0.25) is 0 Å². The van der Waals surface area contributed by atoms with E-state index in [-0.39, 0.29) is 11.9 Å². The number of nitrogens with one attached hydrogen (secondary N) is 1. The Kier molecular flexibility index (Phi) is 6.13. The maximum absolute atomic E-state index is 13.9. The summed E-state index contributed by atoms with van der Waals surface area (Å²) in [5.41, 5.74) is -0.210. The number of nitrogens with zero attached hydrogens (tertiary/aromatic N) is 5. The van der Waals surface area contributed by atoms with Gasteiger partial charge in [0.05, 0.1) is 19.3 Å². The molecule has 0 saturated carbocycles. The van der Waals surface area contributed by atoms with Crippen molar-refractivity contribution in [2.45, 2.75) is 38.4 Å². The van der Waals surface area contributed by atoms with Crippen molar-refractivity contribution in [2.24, 2.45) is 15.5 Å². The highest BCUT2D eigenvalue weighted by Crippen LogP contribution is 2.39. The Balaban J connectivity index is 1.59. The molecule has 1 N–H and O–H groups in total. The van der Waals surface area contributed by atoms with Crippen molar-refractivity contribution in [3.63, 3.8) is 0 Å². The number of aliphatic imine (C=N–C) groups is 1. The number of amides is 1. The smallest absolute Gasteiger partial charge is 0.235 e. The van der Waals surface area contributed by atoms with E-state index in [0.29, 0.717) is 30.3 Å². The molecule has 4 rings (SSSR count). The number of hydrogen-bond donors (Lipinski definition) is 1. The molecular formula is C21H26ClFN6O2. The number of methoxy groups -OCH3 is 1. The van der Waals surface area contributed by atoms with E-state index < -0.39 is 17.4 Å². The first-order chi connectivity index (χ1) is 15.0. The Morgan fingerprint density at radius 3 is 3.10 bits per heavy atom.